The van der Waals surface area contributed by atoms with Crippen molar-refractivity contribution >= 4 is 29.2 Å². The van der Waals surface area contributed by atoms with E-state index in [1.165, 1.54) is 18.3 Å². The number of amides is 4. The number of imide groups is 1. The molecule has 0 spiro atoms. The van der Waals surface area contributed by atoms with Crippen molar-refractivity contribution < 1.29 is 32.3 Å². The Balaban J connectivity index is 1.25. The van der Waals surface area contributed by atoms with Gasteiger partial charge in [-0.05, 0) is 54.1 Å². The van der Waals surface area contributed by atoms with Gasteiger partial charge in [0.15, 0.2) is 0 Å². The maximum atomic E-state index is 13.2. The molecule has 0 bridgehead atoms. The fourth-order valence-electron chi connectivity index (χ4n) is 4.89. The van der Waals surface area contributed by atoms with Crippen LogP contribution < -0.4 is 19.9 Å². The number of nitrogens with one attached hydrogen (secondary N) is 1. The van der Waals surface area contributed by atoms with Gasteiger partial charge in [-0.15, -0.1) is 13.2 Å². The number of alkyl halides is 3. The Bertz CT molecular complexity index is 1390. The van der Waals surface area contributed by atoms with Crippen LogP contribution in [0.1, 0.15) is 28.9 Å². The average Bonchev–Trinajstić information content (AvgIpc) is 3.26. The Morgan fingerprint density at radius 1 is 0.975 bits per heavy atom. The summed E-state index contributed by atoms with van der Waals surface area (Å²) in [6.45, 7) is 4.19. The summed E-state index contributed by atoms with van der Waals surface area (Å²) in [4.78, 5) is 48.2. The molecule has 2 aliphatic heterocycles. The number of pyridine rings is 1. The van der Waals surface area contributed by atoms with Crippen molar-refractivity contribution in [3.8, 4) is 5.75 Å². The van der Waals surface area contributed by atoms with Crippen molar-refractivity contribution in [1.82, 2.24) is 15.2 Å². The van der Waals surface area contributed by atoms with Gasteiger partial charge in [-0.25, -0.2) is 9.69 Å². The number of nitrogens with zero attached hydrogens (tertiary/aromatic N) is 4. The first-order valence-corrected chi connectivity index (χ1v) is 12.7. The SMILES string of the molecule is CC(c1ccnc(C(=O)N2CCN(c3ccccc3)CC2)c1)C1NC(=O)N(c2ccc(OC(F)(F)F)cc2)C1=O. The molecule has 0 radical (unpaired) electrons. The molecule has 2 atom stereocenters. The van der Waals surface area contributed by atoms with Crippen LogP contribution in [0, 0.1) is 0 Å². The number of ether oxygens (including phenoxy) is 1. The van der Waals surface area contributed by atoms with Crippen LogP contribution in [0.4, 0.5) is 29.3 Å². The highest BCUT2D eigenvalue weighted by Gasteiger charge is 2.42. The number of piperazine rings is 1. The molecule has 2 unspecified atom stereocenters. The van der Waals surface area contributed by atoms with Crippen LogP contribution >= 0.6 is 0 Å². The van der Waals surface area contributed by atoms with Crippen molar-refractivity contribution in [2.75, 3.05) is 36.0 Å². The highest BCUT2D eigenvalue weighted by atomic mass is 19.4. The maximum absolute atomic E-state index is 13.2. The summed E-state index contributed by atoms with van der Waals surface area (Å²) in [5.74, 6) is -1.77. The van der Waals surface area contributed by atoms with E-state index in [0.29, 0.717) is 31.7 Å². The molecular formula is C28H26F3N5O4. The predicted octanol–water partition coefficient (Wildman–Crippen LogP) is 4.17. The first-order chi connectivity index (χ1) is 19.1. The number of rotatable bonds is 6. The predicted molar refractivity (Wildman–Crippen MR) is 140 cm³/mol. The summed E-state index contributed by atoms with van der Waals surface area (Å²) < 4.78 is 41.2. The lowest BCUT2D eigenvalue weighted by molar-refractivity contribution is -0.274. The van der Waals surface area contributed by atoms with Gasteiger partial charge in [0.1, 0.15) is 17.5 Å². The molecule has 208 valence electrons. The van der Waals surface area contributed by atoms with Crippen LogP contribution in [-0.2, 0) is 4.79 Å². The third kappa shape index (κ3) is 5.70. The third-order valence-corrected chi connectivity index (χ3v) is 7.01. The van der Waals surface area contributed by atoms with Crippen LogP contribution in [0.15, 0.2) is 72.9 Å². The number of carbonyl (C=O) groups is 3. The average molecular weight is 554 g/mol. The number of benzene rings is 2. The zero-order valence-electron chi connectivity index (χ0n) is 21.5. The highest BCUT2D eigenvalue weighted by molar-refractivity contribution is 6.21. The van der Waals surface area contributed by atoms with Crippen molar-refractivity contribution in [3.63, 3.8) is 0 Å². The summed E-state index contributed by atoms with van der Waals surface area (Å²) in [6.07, 6.45) is -3.36. The first kappa shape index (κ1) is 27.0. The van der Waals surface area contributed by atoms with E-state index in [-0.39, 0.29) is 17.3 Å². The quantitative estimate of drug-likeness (QED) is 0.461. The van der Waals surface area contributed by atoms with Crippen molar-refractivity contribution in [2.24, 2.45) is 0 Å². The molecule has 3 aromatic rings. The third-order valence-electron chi connectivity index (χ3n) is 7.01. The number of carbonyl (C=O) groups excluding carboxylic acids is 3. The van der Waals surface area contributed by atoms with E-state index < -0.39 is 36.0 Å². The summed E-state index contributed by atoms with van der Waals surface area (Å²) in [7, 11) is 0. The van der Waals surface area contributed by atoms with Gasteiger partial charge in [0.05, 0.1) is 5.69 Å². The Labute approximate surface area is 228 Å². The number of hydrogen-bond donors (Lipinski definition) is 1. The largest absolute Gasteiger partial charge is 0.573 e. The molecule has 0 saturated carbocycles. The summed E-state index contributed by atoms with van der Waals surface area (Å²) in [5.41, 5.74) is 2.08. The van der Waals surface area contributed by atoms with Gasteiger partial charge < -0.3 is 19.9 Å². The van der Waals surface area contributed by atoms with Gasteiger partial charge in [-0.1, -0.05) is 25.1 Å². The van der Waals surface area contributed by atoms with E-state index in [4.69, 9.17) is 0 Å². The molecule has 1 aromatic heterocycles. The molecule has 9 nitrogen and oxygen atoms in total. The van der Waals surface area contributed by atoms with Gasteiger partial charge in [0.25, 0.3) is 11.8 Å². The van der Waals surface area contributed by atoms with Crippen LogP contribution in [0.2, 0.25) is 0 Å². The molecule has 2 fully saturated rings. The van der Waals surface area contributed by atoms with Crippen LogP contribution in [0.25, 0.3) is 0 Å². The minimum absolute atomic E-state index is 0.104. The minimum Gasteiger partial charge on any atom is -0.406 e. The molecule has 5 rings (SSSR count). The lowest BCUT2D eigenvalue weighted by Crippen LogP contribution is -2.49. The monoisotopic (exact) mass is 553 g/mol. The Morgan fingerprint density at radius 3 is 2.30 bits per heavy atom. The van der Waals surface area contributed by atoms with E-state index in [1.807, 2.05) is 30.3 Å². The zero-order valence-corrected chi connectivity index (χ0v) is 21.5. The van der Waals surface area contributed by atoms with E-state index in [9.17, 15) is 27.6 Å². The number of hydrogen-bond acceptors (Lipinski definition) is 6. The van der Waals surface area contributed by atoms with E-state index >= 15 is 0 Å². The summed E-state index contributed by atoms with van der Waals surface area (Å²) >= 11 is 0. The summed E-state index contributed by atoms with van der Waals surface area (Å²) in [6, 6.07) is 16.1. The van der Waals surface area contributed by atoms with Gasteiger partial charge in [0, 0.05) is 44.0 Å². The zero-order chi connectivity index (χ0) is 28.4. The van der Waals surface area contributed by atoms with Crippen LogP contribution in [0.3, 0.4) is 0 Å². The minimum atomic E-state index is -4.86. The van der Waals surface area contributed by atoms with E-state index in [1.54, 1.807) is 24.0 Å². The highest BCUT2D eigenvalue weighted by Crippen LogP contribution is 2.30. The summed E-state index contributed by atoms with van der Waals surface area (Å²) in [5, 5.41) is 2.64. The lowest BCUT2D eigenvalue weighted by Gasteiger charge is -2.36. The Morgan fingerprint density at radius 2 is 1.65 bits per heavy atom. The number of halogens is 3. The van der Waals surface area contributed by atoms with Crippen molar-refractivity contribution in [1.29, 1.82) is 0 Å². The second-order valence-corrected chi connectivity index (χ2v) is 9.52. The van der Waals surface area contributed by atoms with E-state index in [2.05, 4.69) is 19.9 Å². The molecule has 2 aromatic carbocycles. The van der Waals surface area contributed by atoms with Crippen LogP contribution in [0.5, 0.6) is 5.75 Å². The molecule has 2 aliphatic rings. The second kappa shape index (κ2) is 10.9. The second-order valence-electron chi connectivity index (χ2n) is 9.52. The molecule has 12 heteroatoms. The Hall–Kier alpha value is -4.61. The maximum Gasteiger partial charge on any atom is 0.573 e. The Kier molecular flexibility index (Phi) is 7.33. The van der Waals surface area contributed by atoms with E-state index in [0.717, 1.165) is 22.7 Å². The lowest BCUT2D eigenvalue weighted by atomic mass is 9.93. The molecule has 40 heavy (non-hydrogen) atoms. The number of anilines is 2. The normalized spacial score (nSPS) is 18.5. The van der Waals surface area contributed by atoms with Gasteiger partial charge >= 0.3 is 12.4 Å². The van der Waals surface area contributed by atoms with Gasteiger partial charge in [0.2, 0.25) is 0 Å². The fraction of sp³-hybridized carbons (Fsp3) is 0.286. The molecule has 3 heterocycles. The smallest absolute Gasteiger partial charge is 0.406 e. The molecule has 4 amide bonds. The molecule has 1 N–H and O–H groups in total. The van der Waals surface area contributed by atoms with Crippen LogP contribution in [-0.4, -0.2) is 66.3 Å². The molecule has 0 aliphatic carbocycles. The topological polar surface area (TPSA) is 95.1 Å². The molecule has 2 saturated heterocycles. The van der Waals surface area contributed by atoms with Crippen molar-refractivity contribution in [3.05, 3.63) is 84.2 Å². The molecular weight excluding hydrogens is 527 g/mol. The number of para-hydroxylation sites is 1. The van der Waals surface area contributed by atoms with Crippen molar-refractivity contribution in [2.45, 2.75) is 25.2 Å². The fourth-order valence-corrected chi connectivity index (χ4v) is 4.89. The standard InChI is InChI=1S/C28H26F3N5O4/c1-18(24-26(38)36(27(39)33-24)21-7-9-22(10-8-21)40-28(29,30)31)19-11-12-32-23(17-19)25(37)35-15-13-34(14-16-35)20-5-3-2-4-6-20/h2-12,17-18,24H,13-16H2,1H3,(H,33,39). The van der Waals surface area contributed by atoms with Gasteiger partial charge in [-0.2, -0.15) is 0 Å². The first-order valence-electron chi connectivity index (χ1n) is 12.7. The number of urea groups is 1. The number of aromatic nitrogens is 1. The van der Waals surface area contributed by atoms with Gasteiger partial charge in [-0.3, -0.25) is 14.6 Å².